The molecule has 5 nitrogen and oxygen atoms in total. The van der Waals surface area contributed by atoms with E-state index in [1.807, 2.05) is 6.92 Å². The maximum absolute atomic E-state index is 12.7. The quantitative estimate of drug-likeness (QED) is 0.855. The molecule has 1 aliphatic rings. The maximum atomic E-state index is 12.7. The molecule has 1 atom stereocenters. The summed E-state index contributed by atoms with van der Waals surface area (Å²) in [5.41, 5.74) is 0.553. The topological polar surface area (TPSA) is 74.7 Å². The van der Waals surface area contributed by atoms with Gasteiger partial charge in [0.25, 0.3) is 0 Å². The highest BCUT2D eigenvalue weighted by Gasteiger charge is 2.31. The Balaban J connectivity index is 2.32. The Morgan fingerprint density at radius 1 is 1.48 bits per heavy atom. The molecule has 1 fully saturated rings. The fourth-order valence-electron chi connectivity index (χ4n) is 2.15. The standard InChI is InChI=1S/C14H17NO4S2/c1-11-10-20-8-7-15(11)21(18,19)13-4-2-3-12(9-13)5-6-14(16)17/h2-6,9,11H,7-8,10H2,1H3,(H,16,17). The number of carbonyl (C=O) groups is 1. The molecule has 2 rings (SSSR count). The van der Waals surface area contributed by atoms with Crippen LogP contribution in [0, 0.1) is 0 Å². The van der Waals surface area contributed by atoms with Crippen LogP contribution in [0.1, 0.15) is 12.5 Å². The van der Waals surface area contributed by atoms with E-state index in [1.165, 1.54) is 16.4 Å². The van der Waals surface area contributed by atoms with Crippen LogP contribution in [0.15, 0.2) is 35.2 Å². The number of hydrogen-bond acceptors (Lipinski definition) is 4. The minimum Gasteiger partial charge on any atom is -0.478 e. The van der Waals surface area contributed by atoms with Crippen molar-refractivity contribution in [3.05, 3.63) is 35.9 Å². The first-order chi connectivity index (χ1) is 9.91. The van der Waals surface area contributed by atoms with Crippen molar-refractivity contribution >= 4 is 33.8 Å². The molecule has 0 spiro atoms. The van der Waals surface area contributed by atoms with E-state index in [4.69, 9.17) is 5.11 Å². The molecule has 1 unspecified atom stereocenters. The van der Waals surface area contributed by atoms with Gasteiger partial charge in [0.15, 0.2) is 0 Å². The van der Waals surface area contributed by atoms with Crippen LogP contribution in [0.4, 0.5) is 0 Å². The van der Waals surface area contributed by atoms with Gasteiger partial charge in [0.05, 0.1) is 4.90 Å². The first-order valence-corrected chi connectivity index (χ1v) is 9.11. The summed E-state index contributed by atoms with van der Waals surface area (Å²) in [6.45, 7) is 2.40. The summed E-state index contributed by atoms with van der Waals surface area (Å²) in [6, 6.07) is 6.31. The van der Waals surface area contributed by atoms with Gasteiger partial charge in [0.2, 0.25) is 10.0 Å². The van der Waals surface area contributed by atoms with Crippen LogP contribution in [0.2, 0.25) is 0 Å². The number of nitrogens with zero attached hydrogens (tertiary/aromatic N) is 1. The molecule has 0 bridgehead atoms. The average Bonchev–Trinajstić information content (AvgIpc) is 2.45. The van der Waals surface area contributed by atoms with Crippen molar-refractivity contribution in [2.24, 2.45) is 0 Å². The average molecular weight is 327 g/mol. The van der Waals surface area contributed by atoms with Crippen LogP contribution in [0.3, 0.4) is 0 Å². The third kappa shape index (κ3) is 3.87. The zero-order valence-corrected chi connectivity index (χ0v) is 13.2. The molecular formula is C14H17NO4S2. The van der Waals surface area contributed by atoms with E-state index < -0.39 is 16.0 Å². The summed E-state index contributed by atoms with van der Waals surface area (Å²) >= 11 is 1.75. The lowest BCUT2D eigenvalue weighted by atomic mass is 10.2. The van der Waals surface area contributed by atoms with E-state index in [-0.39, 0.29) is 10.9 Å². The van der Waals surface area contributed by atoms with Crippen molar-refractivity contribution in [1.82, 2.24) is 4.31 Å². The van der Waals surface area contributed by atoms with Gasteiger partial charge in [-0.2, -0.15) is 16.1 Å². The highest BCUT2D eigenvalue weighted by atomic mass is 32.2. The lowest BCUT2D eigenvalue weighted by Crippen LogP contribution is -2.44. The Morgan fingerprint density at radius 3 is 2.90 bits per heavy atom. The SMILES string of the molecule is CC1CSCCN1S(=O)(=O)c1cccc(C=CC(=O)O)c1. The molecule has 0 aromatic heterocycles. The number of aliphatic carboxylic acids is 1. The predicted octanol–water partition coefficient (Wildman–Crippen LogP) is 1.91. The summed E-state index contributed by atoms with van der Waals surface area (Å²) in [5, 5.41) is 8.63. The van der Waals surface area contributed by atoms with Crippen molar-refractivity contribution in [2.45, 2.75) is 17.9 Å². The van der Waals surface area contributed by atoms with Gasteiger partial charge in [0, 0.05) is 30.2 Å². The molecule has 1 aromatic carbocycles. The lowest BCUT2D eigenvalue weighted by molar-refractivity contribution is -0.131. The third-order valence-corrected chi connectivity index (χ3v) is 6.39. The summed E-state index contributed by atoms with van der Waals surface area (Å²) < 4.78 is 26.8. The van der Waals surface area contributed by atoms with Gasteiger partial charge in [-0.25, -0.2) is 13.2 Å². The largest absolute Gasteiger partial charge is 0.478 e. The smallest absolute Gasteiger partial charge is 0.328 e. The highest BCUT2D eigenvalue weighted by molar-refractivity contribution is 7.99. The van der Waals surface area contributed by atoms with Crippen LogP contribution < -0.4 is 0 Å². The van der Waals surface area contributed by atoms with E-state index in [0.717, 1.165) is 17.6 Å². The van der Waals surface area contributed by atoms with Gasteiger partial charge in [-0.05, 0) is 30.7 Å². The lowest BCUT2D eigenvalue weighted by Gasteiger charge is -2.32. The normalized spacial score (nSPS) is 20.7. The fourth-order valence-corrected chi connectivity index (χ4v) is 5.06. The molecular weight excluding hydrogens is 310 g/mol. The molecule has 0 radical (unpaired) electrons. The summed E-state index contributed by atoms with van der Waals surface area (Å²) in [6.07, 6.45) is 2.38. The van der Waals surface area contributed by atoms with Gasteiger partial charge in [-0.15, -0.1) is 0 Å². The Morgan fingerprint density at radius 2 is 2.24 bits per heavy atom. The molecule has 0 aliphatic carbocycles. The first kappa shape index (κ1) is 16.1. The molecule has 1 aromatic rings. The molecule has 7 heteroatoms. The number of sulfonamides is 1. The molecule has 114 valence electrons. The van der Waals surface area contributed by atoms with Gasteiger partial charge >= 0.3 is 5.97 Å². The Labute approximate surface area is 128 Å². The van der Waals surface area contributed by atoms with E-state index in [1.54, 1.807) is 30.0 Å². The summed E-state index contributed by atoms with van der Waals surface area (Å²) in [5.74, 6) is 0.518. The fraction of sp³-hybridized carbons (Fsp3) is 0.357. The zero-order chi connectivity index (χ0) is 15.5. The summed E-state index contributed by atoms with van der Waals surface area (Å²) in [4.78, 5) is 10.7. The number of carboxylic acids is 1. The Hall–Kier alpha value is -1.31. The van der Waals surface area contributed by atoms with Crippen LogP contribution >= 0.6 is 11.8 Å². The van der Waals surface area contributed by atoms with Crippen molar-refractivity contribution in [1.29, 1.82) is 0 Å². The number of rotatable bonds is 4. The Kier molecular flexibility index (Phi) is 5.08. The van der Waals surface area contributed by atoms with Gasteiger partial charge < -0.3 is 5.11 Å². The number of hydrogen-bond donors (Lipinski definition) is 1. The van der Waals surface area contributed by atoms with Crippen molar-refractivity contribution in [3.63, 3.8) is 0 Å². The third-order valence-electron chi connectivity index (χ3n) is 3.19. The van der Waals surface area contributed by atoms with Crippen molar-refractivity contribution < 1.29 is 18.3 Å². The minimum absolute atomic E-state index is 0.0352. The Bertz CT molecular complexity index is 655. The van der Waals surface area contributed by atoms with Crippen LogP contribution in [-0.2, 0) is 14.8 Å². The van der Waals surface area contributed by atoms with Gasteiger partial charge in [0.1, 0.15) is 0 Å². The van der Waals surface area contributed by atoms with Crippen molar-refractivity contribution in [3.8, 4) is 0 Å². The molecule has 1 aliphatic heterocycles. The van der Waals surface area contributed by atoms with E-state index >= 15 is 0 Å². The van der Waals surface area contributed by atoms with E-state index in [9.17, 15) is 13.2 Å². The van der Waals surface area contributed by atoms with Crippen LogP contribution in [0.25, 0.3) is 6.08 Å². The highest BCUT2D eigenvalue weighted by Crippen LogP contribution is 2.25. The zero-order valence-electron chi connectivity index (χ0n) is 11.6. The predicted molar refractivity (Wildman–Crippen MR) is 83.8 cm³/mol. The molecule has 1 saturated heterocycles. The van der Waals surface area contributed by atoms with E-state index in [2.05, 4.69) is 0 Å². The van der Waals surface area contributed by atoms with Crippen molar-refractivity contribution in [2.75, 3.05) is 18.1 Å². The number of carboxylic acid groups (broad SMARTS) is 1. The molecule has 0 amide bonds. The second-order valence-corrected chi connectivity index (χ2v) is 7.82. The van der Waals surface area contributed by atoms with E-state index in [0.29, 0.717) is 12.1 Å². The van der Waals surface area contributed by atoms with Crippen LogP contribution in [0.5, 0.6) is 0 Å². The second-order valence-electron chi connectivity index (χ2n) is 4.78. The minimum atomic E-state index is -3.53. The first-order valence-electron chi connectivity index (χ1n) is 6.52. The summed E-state index contributed by atoms with van der Waals surface area (Å²) in [7, 11) is -3.53. The molecule has 0 saturated carbocycles. The number of benzene rings is 1. The van der Waals surface area contributed by atoms with Gasteiger partial charge in [-0.3, -0.25) is 0 Å². The number of thioether (sulfide) groups is 1. The molecule has 1 heterocycles. The second kappa shape index (κ2) is 6.64. The molecule has 21 heavy (non-hydrogen) atoms. The maximum Gasteiger partial charge on any atom is 0.328 e. The molecule has 1 N–H and O–H groups in total. The monoisotopic (exact) mass is 327 g/mol. The van der Waals surface area contributed by atoms with Crippen LogP contribution in [-0.4, -0.2) is 47.9 Å². The van der Waals surface area contributed by atoms with Gasteiger partial charge in [-0.1, -0.05) is 12.1 Å².